The number of isocyanates is 1. The largest absolute Gasteiger partial charge is 0.478 e. The Morgan fingerprint density at radius 3 is 1.80 bits per heavy atom. The van der Waals surface area contributed by atoms with E-state index in [9.17, 15) is 39.0 Å². The van der Waals surface area contributed by atoms with Gasteiger partial charge in [-0.1, -0.05) is 176 Å². The average molecular weight is 1310 g/mol. The molecular weight excluding hydrogens is 1190 g/mol. The fourth-order valence-corrected chi connectivity index (χ4v) is 14.4. The second-order valence-corrected chi connectivity index (χ2v) is 28.0. The molecule has 1 aromatic heterocycles. The molecule has 4 aliphatic carbocycles. The monoisotopic (exact) mass is 1310 g/mol. The number of hydrogen-bond acceptors (Lipinski definition) is 10. The molecule has 1 aromatic carbocycles. The van der Waals surface area contributed by atoms with Gasteiger partial charge in [0.05, 0.1) is 34.5 Å². The molecule has 2 unspecified atom stereocenters. The number of carbonyl (C=O) groups excluding carboxylic acids is 5. The van der Waals surface area contributed by atoms with E-state index >= 15 is 0 Å². The number of aliphatic hydroxyl groups is 2. The molecule has 17 nitrogen and oxygen atoms in total. The molecule has 3 amide bonds. The number of aliphatic hydroxyl groups excluding tert-OH is 2. The van der Waals surface area contributed by atoms with Gasteiger partial charge in [0.2, 0.25) is 23.8 Å². The molecule has 6 aliphatic rings. The molecule has 2 aromatic rings. The van der Waals surface area contributed by atoms with Gasteiger partial charge in [-0.3, -0.25) is 19.2 Å². The maximum atomic E-state index is 14.8. The zero-order valence-electron chi connectivity index (χ0n) is 58.2. The molecule has 0 saturated heterocycles. The number of allylic oxidation sites excluding steroid dienone is 15. The van der Waals surface area contributed by atoms with E-state index in [1.54, 1.807) is 42.8 Å². The van der Waals surface area contributed by atoms with Gasteiger partial charge in [-0.05, 0) is 171 Å². The number of carbonyl (C=O) groups is 5. The van der Waals surface area contributed by atoms with Crippen molar-refractivity contribution >= 4 is 52.0 Å². The molecule has 518 valence electrons. The van der Waals surface area contributed by atoms with Gasteiger partial charge in [0.25, 0.3) is 0 Å². The summed E-state index contributed by atoms with van der Waals surface area (Å²) < 4.78 is 8.89. The third-order valence-corrected chi connectivity index (χ3v) is 18.2. The van der Waals surface area contributed by atoms with Crippen LogP contribution in [0.2, 0.25) is 0 Å². The second-order valence-electron chi connectivity index (χ2n) is 28.0. The van der Waals surface area contributed by atoms with Crippen molar-refractivity contribution < 1.29 is 48.8 Å². The van der Waals surface area contributed by atoms with Gasteiger partial charge in [-0.25, -0.2) is 9.59 Å². The Balaban J connectivity index is 0.000000554. The maximum Gasteiger partial charge on any atom is 0.328 e. The highest BCUT2D eigenvalue weighted by atomic mass is 16.5. The Hall–Kier alpha value is -8.04. The molecule has 5 N–H and O–H groups in total. The van der Waals surface area contributed by atoms with Gasteiger partial charge in [-0.15, -0.1) is 0 Å². The highest BCUT2D eigenvalue weighted by Crippen LogP contribution is 2.71. The third-order valence-electron chi connectivity index (χ3n) is 18.2. The van der Waals surface area contributed by atoms with Crippen LogP contribution in [0, 0.1) is 52.3 Å². The average Bonchev–Trinajstić information content (AvgIpc) is 1.50. The molecule has 9 atom stereocenters. The number of benzene rings is 1. The van der Waals surface area contributed by atoms with Crippen molar-refractivity contribution in [1.82, 2.24) is 15.2 Å². The zero-order valence-corrected chi connectivity index (χ0v) is 58.2. The Labute approximate surface area is 566 Å². The number of rotatable bonds is 16. The molecular formula is C78H111N7O10. The predicted molar refractivity (Wildman–Crippen MR) is 386 cm³/mol. The van der Waals surface area contributed by atoms with Crippen LogP contribution in [0.1, 0.15) is 210 Å². The van der Waals surface area contributed by atoms with Crippen LogP contribution < -0.4 is 10.6 Å². The van der Waals surface area contributed by atoms with Crippen LogP contribution in [0.15, 0.2) is 156 Å². The zero-order chi connectivity index (χ0) is 70.0. The number of Topliss-reactive ketones (excluding diaryl/α,β-unsaturated/α-hetero) is 1. The van der Waals surface area contributed by atoms with Crippen LogP contribution in [-0.4, -0.2) is 72.7 Å². The third kappa shape index (κ3) is 20.5. The number of nitrogens with zero attached hydrogens (tertiary/aromatic N) is 5. The SMILES string of the molecule is C.C.C=C(C)[C@H]1C(=O)c2c3c(cc4c5c(n1c24)[C@@]1(C)C(CC[C@H]2[C@](C)(/C=C/C=C/NC(C)=O)[C@@H](O)CC[C@@]21C)C5)C1=CC(C)(C)OC(C)(C)C1[C@@H]3O.CC(=O)N/C=C/C=C/C(C)C.CC(C)/C=C/C=C/C(=O)N=[N+]=[N-].CC(C)/C=C/C=C/C(=O)O.CC(C)/C=C/C=C/N=C=O. The number of carboxylic acids is 1. The molecule has 2 fully saturated rings. The number of azide groups is 1. The van der Waals surface area contributed by atoms with Crippen molar-refractivity contribution in [3.05, 3.63) is 185 Å². The van der Waals surface area contributed by atoms with E-state index in [2.05, 4.69) is 137 Å². The lowest BCUT2D eigenvalue weighted by atomic mass is 9.40. The molecule has 17 heteroatoms. The number of aliphatic carboxylic acids is 1. The smallest absolute Gasteiger partial charge is 0.328 e. The molecule has 95 heavy (non-hydrogen) atoms. The van der Waals surface area contributed by atoms with E-state index in [1.165, 1.54) is 49.5 Å². The number of fused-ring (bicyclic) bond motifs is 11. The minimum absolute atomic E-state index is 0. The van der Waals surface area contributed by atoms with Crippen molar-refractivity contribution in [3.63, 3.8) is 0 Å². The molecule has 0 radical (unpaired) electrons. The Bertz CT molecular complexity index is 3500. The van der Waals surface area contributed by atoms with Gasteiger partial charge in [0, 0.05) is 76.8 Å². The van der Waals surface area contributed by atoms with Crippen LogP contribution in [-0.2, 0) is 40.5 Å². The molecule has 0 spiro atoms. The lowest BCUT2D eigenvalue weighted by Crippen LogP contribution is -2.62. The normalized spacial score (nSPS) is 25.6. The van der Waals surface area contributed by atoms with Crippen LogP contribution in [0.25, 0.3) is 26.9 Å². The summed E-state index contributed by atoms with van der Waals surface area (Å²) >= 11 is 0. The molecule has 2 aliphatic heterocycles. The van der Waals surface area contributed by atoms with Crippen LogP contribution >= 0.6 is 0 Å². The lowest BCUT2D eigenvalue weighted by molar-refractivity contribution is -0.144. The Morgan fingerprint density at radius 2 is 1.29 bits per heavy atom. The maximum absolute atomic E-state index is 14.8. The highest BCUT2D eigenvalue weighted by molar-refractivity contribution is 6.18. The highest BCUT2D eigenvalue weighted by Gasteiger charge is 2.68. The standard InChI is InChI=1S/C43H54N2O5.C9H15NO.C8H11N3O.C8H11NO.C8H12O2.2CH4/c1-22(2)34-37(49)32-31-25(28-21-39(4,5)50-40(6,7)33(28)36(31)48)20-26-27-19-24-13-14-29-41(8,16-11-12-18-44-23(3)46)30(47)15-17-42(29,9)43(24,10)38(27)45(34)35(26)32;1-8(2)6-4-5-7-10-9(3)11;1-7(2)5-3-4-6-8(12)10-11-9;1-8(2)5-3-4-6-9-7-10;1-7(2)5-3-4-6-8(9)10;;/h11-12,16,18,20-21,24,29-30,33-34,36,47-48H,1,13-15,17,19H2,2-10H3,(H,44,46);4-8H,1-3H3,(H,10,11);3-7H,1-2H3;3-6,8H,1-2H3;3-7H,1-2H3,(H,9,10);2*1H4/b16-11+,18-12+;6-4+,7-5+;3*5-3+,6-4+;;/t24?,29-,30-,33?,34-,36+,41-,42-,43+;;;;;;/m0....../s1. The number of hydrogen-bond donors (Lipinski definition) is 5. The first-order chi connectivity index (χ1) is 43.5. The van der Waals surface area contributed by atoms with Gasteiger partial charge >= 0.3 is 5.97 Å². The Morgan fingerprint density at radius 1 is 0.768 bits per heavy atom. The minimum Gasteiger partial charge on any atom is -0.478 e. The lowest BCUT2D eigenvalue weighted by Gasteiger charge is -2.64. The number of aromatic nitrogens is 1. The van der Waals surface area contributed by atoms with E-state index in [4.69, 9.17) is 15.4 Å². The molecule has 0 bridgehead atoms. The van der Waals surface area contributed by atoms with E-state index < -0.39 is 46.7 Å². The molecule has 3 heterocycles. The minimum atomic E-state index is -0.909. The van der Waals surface area contributed by atoms with Crippen LogP contribution in [0.3, 0.4) is 0 Å². The summed E-state index contributed by atoms with van der Waals surface area (Å²) in [6.45, 7) is 41.2. The summed E-state index contributed by atoms with van der Waals surface area (Å²) in [4.78, 5) is 72.2. The number of ketones is 1. The number of amides is 3. The summed E-state index contributed by atoms with van der Waals surface area (Å²) in [5.41, 5.74) is 13.8. The summed E-state index contributed by atoms with van der Waals surface area (Å²) in [6.07, 6.45) is 41.6. The fourth-order valence-electron chi connectivity index (χ4n) is 14.4. The van der Waals surface area contributed by atoms with Crippen LogP contribution in [0.5, 0.6) is 0 Å². The first-order valence-corrected chi connectivity index (χ1v) is 32.4. The topological polar surface area (TPSA) is 262 Å². The van der Waals surface area contributed by atoms with Crippen molar-refractivity contribution in [1.29, 1.82) is 0 Å². The summed E-state index contributed by atoms with van der Waals surface area (Å²) in [6, 6.07) is 1.79. The van der Waals surface area contributed by atoms with Crippen molar-refractivity contribution in [3.8, 4) is 0 Å². The molecule has 8 rings (SSSR count). The Kier molecular flexibility index (Phi) is 31.6. The number of aliphatic imine (C=N–C) groups is 1. The first kappa shape index (κ1) is 83.1. The summed E-state index contributed by atoms with van der Waals surface area (Å²) in [5.74, 6) is 0.735. The van der Waals surface area contributed by atoms with Gasteiger partial charge < -0.3 is 35.3 Å². The second kappa shape index (κ2) is 36.2. The van der Waals surface area contributed by atoms with Crippen molar-refractivity contribution in [2.24, 2.45) is 62.4 Å². The van der Waals surface area contributed by atoms with E-state index in [1.807, 2.05) is 77.2 Å². The summed E-state index contributed by atoms with van der Waals surface area (Å²) in [7, 11) is 0. The van der Waals surface area contributed by atoms with Crippen molar-refractivity contribution in [2.45, 2.75) is 206 Å². The predicted octanol–water partition coefficient (Wildman–Crippen LogP) is 17.4. The number of ether oxygens (including phenoxy) is 1. The van der Waals surface area contributed by atoms with Crippen molar-refractivity contribution in [2.75, 3.05) is 0 Å². The fraction of sp³-hybridized carbons (Fsp3) is 0.513. The van der Waals surface area contributed by atoms with Gasteiger partial charge in [-0.2, -0.15) is 4.99 Å². The van der Waals surface area contributed by atoms with Gasteiger partial charge in [0.1, 0.15) is 6.04 Å². The molecule has 2 saturated carbocycles. The quantitative estimate of drug-likeness (QED) is 0.0155. The number of nitrogens with one attached hydrogen (secondary N) is 2. The van der Waals surface area contributed by atoms with E-state index in [0.29, 0.717) is 41.6 Å². The first-order valence-electron chi connectivity index (χ1n) is 32.4. The van der Waals surface area contributed by atoms with Crippen LogP contribution in [0.4, 0.5) is 0 Å². The summed E-state index contributed by atoms with van der Waals surface area (Å²) in [5, 5.41) is 41.2. The van der Waals surface area contributed by atoms with E-state index in [0.717, 1.165) is 64.9 Å². The number of carboxylic acid groups (broad SMARTS) is 1. The van der Waals surface area contributed by atoms with Gasteiger partial charge in [0.15, 0.2) is 5.78 Å². The van der Waals surface area contributed by atoms with E-state index in [-0.39, 0.29) is 55.1 Å².